The van der Waals surface area contributed by atoms with E-state index in [1.54, 1.807) is 0 Å². The molecule has 0 fully saturated rings. The summed E-state index contributed by atoms with van der Waals surface area (Å²) in [4.78, 5) is 0. The third kappa shape index (κ3) is 2.21. The van der Waals surface area contributed by atoms with Crippen LogP contribution in [-0.2, 0) is 6.54 Å². The third-order valence-electron chi connectivity index (χ3n) is 3.64. The summed E-state index contributed by atoms with van der Waals surface area (Å²) in [5, 5.41) is 10.2. The molecule has 0 aliphatic rings. The van der Waals surface area contributed by atoms with Gasteiger partial charge in [0.1, 0.15) is 7.85 Å². The van der Waals surface area contributed by atoms with Crippen LogP contribution >= 0.6 is 0 Å². The first-order valence-electron chi connectivity index (χ1n) is 6.72. The first kappa shape index (κ1) is 12.6. The van der Waals surface area contributed by atoms with Crippen molar-refractivity contribution in [2.75, 3.05) is 0 Å². The van der Waals surface area contributed by atoms with Crippen LogP contribution < -0.4 is 5.46 Å². The molecule has 0 radical (unpaired) electrons. The fourth-order valence-corrected chi connectivity index (χ4v) is 2.68. The minimum absolute atomic E-state index is 0.717. The average molecular weight is 258 g/mol. The van der Waals surface area contributed by atoms with Gasteiger partial charge in [0.15, 0.2) is 0 Å². The number of fused-ring (bicyclic) bond motifs is 1. The van der Waals surface area contributed by atoms with Gasteiger partial charge in [0.05, 0.1) is 11.6 Å². The molecule has 1 heterocycles. The SMILES string of the molecule is Bc1cn(Cc2cccc(C)c2)c2ccc(C#N)cc12. The zero-order valence-corrected chi connectivity index (χ0v) is 11.7. The molecular weight excluding hydrogens is 243 g/mol. The van der Waals surface area contributed by atoms with Gasteiger partial charge in [-0.1, -0.05) is 35.3 Å². The van der Waals surface area contributed by atoms with E-state index in [9.17, 15) is 0 Å². The summed E-state index contributed by atoms with van der Waals surface area (Å²) in [6.07, 6.45) is 2.16. The molecule has 0 saturated carbocycles. The highest BCUT2D eigenvalue weighted by molar-refractivity contribution is 6.38. The molecule has 3 aromatic rings. The Bertz CT molecular complexity index is 825. The lowest BCUT2D eigenvalue weighted by Gasteiger charge is -2.06. The van der Waals surface area contributed by atoms with Crippen LogP contribution in [-0.4, -0.2) is 12.4 Å². The monoisotopic (exact) mass is 258 g/mol. The van der Waals surface area contributed by atoms with Crippen molar-refractivity contribution in [1.29, 1.82) is 5.26 Å². The molecule has 96 valence electrons. The lowest BCUT2D eigenvalue weighted by atomic mass is 9.95. The largest absolute Gasteiger partial charge is 0.344 e. The number of benzene rings is 2. The molecule has 0 atom stereocenters. The number of rotatable bonds is 2. The lowest BCUT2D eigenvalue weighted by Crippen LogP contribution is -2.01. The van der Waals surface area contributed by atoms with E-state index in [0.717, 1.165) is 11.9 Å². The molecule has 2 aromatic carbocycles. The molecule has 0 saturated heterocycles. The molecule has 3 heteroatoms. The summed E-state index contributed by atoms with van der Waals surface area (Å²) in [5.74, 6) is 0. The lowest BCUT2D eigenvalue weighted by molar-refractivity contribution is 0.838. The average Bonchev–Trinajstić information content (AvgIpc) is 2.75. The van der Waals surface area contributed by atoms with E-state index in [1.165, 1.54) is 22.1 Å². The van der Waals surface area contributed by atoms with E-state index in [0.29, 0.717) is 5.56 Å². The molecule has 2 nitrogen and oxygen atoms in total. The fraction of sp³-hybridized carbons (Fsp3) is 0.118. The Labute approximate surface area is 119 Å². The maximum absolute atomic E-state index is 9.00. The summed E-state index contributed by atoms with van der Waals surface area (Å²) in [7, 11) is 2.09. The molecule has 1 aromatic heterocycles. The van der Waals surface area contributed by atoms with Crippen LogP contribution in [0, 0.1) is 18.3 Å². The van der Waals surface area contributed by atoms with E-state index in [4.69, 9.17) is 5.26 Å². The van der Waals surface area contributed by atoms with E-state index in [-0.39, 0.29) is 0 Å². The maximum atomic E-state index is 9.00. The molecule has 0 bridgehead atoms. The van der Waals surface area contributed by atoms with Crippen molar-refractivity contribution in [3.63, 3.8) is 0 Å². The van der Waals surface area contributed by atoms with Gasteiger partial charge in [0, 0.05) is 12.1 Å². The zero-order valence-electron chi connectivity index (χ0n) is 11.7. The first-order chi connectivity index (χ1) is 9.67. The third-order valence-corrected chi connectivity index (χ3v) is 3.64. The highest BCUT2D eigenvalue weighted by Crippen LogP contribution is 2.17. The quantitative estimate of drug-likeness (QED) is 0.647. The summed E-state index contributed by atoms with van der Waals surface area (Å²) in [5.41, 5.74) is 5.69. The van der Waals surface area contributed by atoms with Crippen molar-refractivity contribution < 1.29 is 0 Å². The Morgan fingerprint density at radius 1 is 1.20 bits per heavy atom. The van der Waals surface area contributed by atoms with Gasteiger partial charge in [-0.05, 0) is 42.3 Å². The Morgan fingerprint density at radius 2 is 2.05 bits per heavy atom. The van der Waals surface area contributed by atoms with Gasteiger partial charge in [-0.25, -0.2) is 0 Å². The predicted molar refractivity (Wildman–Crippen MR) is 85.1 cm³/mol. The van der Waals surface area contributed by atoms with Gasteiger partial charge in [0.25, 0.3) is 0 Å². The van der Waals surface area contributed by atoms with Crippen LogP contribution in [0.4, 0.5) is 0 Å². The van der Waals surface area contributed by atoms with Gasteiger partial charge in [-0.3, -0.25) is 0 Å². The van der Waals surface area contributed by atoms with Crippen LogP contribution in [0.25, 0.3) is 10.9 Å². The summed E-state index contributed by atoms with van der Waals surface area (Å²) < 4.78 is 2.25. The minimum Gasteiger partial charge on any atom is -0.344 e. The molecule has 0 aliphatic carbocycles. The standard InChI is InChI=1S/C17H15BN2/c1-12-3-2-4-14(7-12)10-20-11-16(18)15-8-13(9-19)5-6-17(15)20/h2-8,11H,10,18H2,1H3. The minimum atomic E-state index is 0.717. The van der Waals surface area contributed by atoms with Crippen LogP contribution in [0.3, 0.4) is 0 Å². The van der Waals surface area contributed by atoms with E-state index < -0.39 is 0 Å². The van der Waals surface area contributed by atoms with Gasteiger partial charge in [-0.15, -0.1) is 0 Å². The maximum Gasteiger partial charge on any atom is 0.142 e. The van der Waals surface area contributed by atoms with Crippen molar-refractivity contribution in [1.82, 2.24) is 4.57 Å². The molecule has 0 aliphatic heterocycles. The number of nitrogens with zero attached hydrogens (tertiary/aromatic N) is 2. The van der Waals surface area contributed by atoms with Gasteiger partial charge in [0.2, 0.25) is 0 Å². The smallest absolute Gasteiger partial charge is 0.142 e. The number of aryl methyl sites for hydroxylation is 1. The summed E-state index contributed by atoms with van der Waals surface area (Å²) in [6, 6.07) is 16.7. The second-order valence-corrected chi connectivity index (χ2v) is 5.27. The van der Waals surface area contributed by atoms with Gasteiger partial charge < -0.3 is 4.57 Å². The molecular formula is C17H15BN2. The Kier molecular flexibility index (Phi) is 3.08. The van der Waals surface area contributed by atoms with Crippen molar-refractivity contribution in [3.05, 3.63) is 65.4 Å². The normalized spacial score (nSPS) is 10.6. The second kappa shape index (κ2) is 4.90. The van der Waals surface area contributed by atoms with Crippen molar-refractivity contribution in [2.24, 2.45) is 0 Å². The topological polar surface area (TPSA) is 28.7 Å². The van der Waals surface area contributed by atoms with Crippen molar-refractivity contribution >= 4 is 24.2 Å². The second-order valence-electron chi connectivity index (χ2n) is 5.27. The Balaban J connectivity index is 2.07. The zero-order chi connectivity index (χ0) is 14.1. The van der Waals surface area contributed by atoms with Crippen LogP contribution in [0.1, 0.15) is 16.7 Å². The van der Waals surface area contributed by atoms with Crippen LogP contribution in [0.2, 0.25) is 0 Å². The predicted octanol–water partition coefficient (Wildman–Crippen LogP) is 2.13. The van der Waals surface area contributed by atoms with Crippen molar-refractivity contribution in [2.45, 2.75) is 13.5 Å². The fourth-order valence-electron chi connectivity index (χ4n) is 2.68. The number of hydrogen-bond acceptors (Lipinski definition) is 1. The van der Waals surface area contributed by atoms with E-state index in [2.05, 4.69) is 55.9 Å². The van der Waals surface area contributed by atoms with Gasteiger partial charge in [-0.2, -0.15) is 5.26 Å². The first-order valence-corrected chi connectivity index (χ1v) is 6.72. The highest BCUT2D eigenvalue weighted by atomic mass is 15.0. The molecule has 0 N–H and O–H groups in total. The summed E-state index contributed by atoms with van der Waals surface area (Å²) in [6.45, 7) is 2.97. The summed E-state index contributed by atoms with van der Waals surface area (Å²) >= 11 is 0. The van der Waals surface area contributed by atoms with E-state index >= 15 is 0 Å². The Morgan fingerprint density at radius 3 is 2.80 bits per heavy atom. The molecule has 0 spiro atoms. The molecule has 0 unspecified atom stereocenters. The van der Waals surface area contributed by atoms with Crippen LogP contribution in [0.5, 0.6) is 0 Å². The molecule has 20 heavy (non-hydrogen) atoms. The molecule has 0 amide bonds. The van der Waals surface area contributed by atoms with Gasteiger partial charge >= 0.3 is 0 Å². The highest BCUT2D eigenvalue weighted by Gasteiger charge is 2.06. The van der Waals surface area contributed by atoms with Crippen molar-refractivity contribution in [3.8, 4) is 6.07 Å². The number of aromatic nitrogens is 1. The Hall–Kier alpha value is -2.47. The van der Waals surface area contributed by atoms with Crippen LogP contribution in [0.15, 0.2) is 48.7 Å². The number of hydrogen-bond donors (Lipinski definition) is 0. The van der Waals surface area contributed by atoms with E-state index in [1.807, 2.05) is 18.2 Å². The molecule has 3 rings (SSSR count). The number of nitriles is 1.